The molecular formula is C23H17F3N2O2. The van der Waals surface area contributed by atoms with Crippen molar-refractivity contribution in [2.45, 2.75) is 19.0 Å². The fourth-order valence-electron chi connectivity index (χ4n) is 3.86. The Morgan fingerprint density at radius 1 is 1.00 bits per heavy atom. The Hall–Kier alpha value is -3.53. The molecule has 0 N–H and O–H groups in total. The highest BCUT2D eigenvalue weighted by Crippen LogP contribution is 2.43. The van der Waals surface area contributed by atoms with E-state index in [1.165, 1.54) is 19.2 Å². The molecule has 0 unspecified atom stereocenters. The van der Waals surface area contributed by atoms with Crippen LogP contribution in [0.3, 0.4) is 0 Å². The van der Waals surface area contributed by atoms with Gasteiger partial charge >= 0.3 is 6.18 Å². The van der Waals surface area contributed by atoms with Crippen molar-refractivity contribution in [2.24, 2.45) is 0 Å². The summed E-state index contributed by atoms with van der Waals surface area (Å²) in [6, 6.07) is 12.6. The Labute approximate surface area is 171 Å². The third kappa shape index (κ3) is 3.24. The van der Waals surface area contributed by atoms with Crippen molar-refractivity contribution in [3.05, 3.63) is 64.7 Å². The van der Waals surface area contributed by atoms with E-state index in [1.807, 2.05) is 18.2 Å². The van der Waals surface area contributed by atoms with E-state index < -0.39 is 11.7 Å². The number of ether oxygens (including phenoxy) is 2. The van der Waals surface area contributed by atoms with Gasteiger partial charge in [0.2, 0.25) is 5.88 Å². The van der Waals surface area contributed by atoms with Crippen LogP contribution in [0.1, 0.15) is 22.3 Å². The van der Waals surface area contributed by atoms with Crippen LogP contribution in [-0.2, 0) is 19.0 Å². The molecule has 0 amide bonds. The molecular weight excluding hydrogens is 393 g/mol. The van der Waals surface area contributed by atoms with E-state index in [0.29, 0.717) is 29.7 Å². The molecule has 0 saturated heterocycles. The standard InChI is InChI=1S/C23H17F3N2O2/c1-29-16-8-10-17-14(11-16)5-9-18-20(19(12-27)22(30-2)28-21(17)18)13-3-6-15(7-4-13)23(24,25)26/h3-4,6-8,10-11H,5,9H2,1-2H3. The van der Waals surface area contributed by atoms with Gasteiger partial charge in [0.05, 0.1) is 25.5 Å². The smallest absolute Gasteiger partial charge is 0.416 e. The minimum atomic E-state index is -4.43. The minimum Gasteiger partial charge on any atom is -0.497 e. The summed E-state index contributed by atoms with van der Waals surface area (Å²) in [4.78, 5) is 4.58. The van der Waals surface area contributed by atoms with Gasteiger partial charge in [-0.2, -0.15) is 18.4 Å². The molecule has 0 saturated carbocycles. The number of nitriles is 1. The zero-order valence-electron chi connectivity index (χ0n) is 16.3. The number of fused-ring (bicyclic) bond motifs is 3. The zero-order valence-corrected chi connectivity index (χ0v) is 16.3. The average molecular weight is 410 g/mol. The summed E-state index contributed by atoms with van der Waals surface area (Å²) < 4.78 is 49.6. The van der Waals surface area contributed by atoms with Crippen LogP contribution in [0.15, 0.2) is 42.5 Å². The third-order valence-corrected chi connectivity index (χ3v) is 5.28. The number of hydrogen-bond acceptors (Lipinski definition) is 4. The highest BCUT2D eigenvalue weighted by Gasteiger charge is 2.31. The molecule has 0 spiro atoms. The van der Waals surface area contributed by atoms with Crippen molar-refractivity contribution in [1.82, 2.24) is 4.98 Å². The molecule has 4 nitrogen and oxygen atoms in total. The second-order valence-electron chi connectivity index (χ2n) is 6.91. The molecule has 7 heteroatoms. The van der Waals surface area contributed by atoms with Gasteiger partial charge in [0.1, 0.15) is 17.4 Å². The van der Waals surface area contributed by atoms with Gasteiger partial charge in [-0.1, -0.05) is 12.1 Å². The molecule has 1 aromatic heterocycles. The zero-order chi connectivity index (χ0) is 21.5. The number of methoxy groups -OCH3 is 2. The van der Waals surface area contributed by atoms with Gasteiger partial charge in [-0.25, -0.2) is 4.98 Å². The quantitative estimate of drug-likeness (QED) is 0.578. The first-order valence-corrected chi connectivity index (χ1v) is 9.23. The van der Waals surface area contributed by atoms with Crippen LogP contribution in [0.25, 0.3) is 22.4 Å². The first kappa shape index (κ1) is 19.8. The summed E-state index contributed by atoms with van der Waals surface area (Å²) >= 11 is 0. The summed E-state index contributed by atoms with van der Waals surface area (Å²) in [7, 11) is 3.02. The molecule has 0 aliphatic heterocycles. The SMILES string of the molecule is COc1ccc2c(c1)CCc1c-2nc(OC)c(C#N)c1-c1ccc(C(F)(F)F)cc1. The monoisotopic (exact) mass is 410 g/mol. The Morgan fingerprint density at radius 2 is 1.73 bits per heavy atom. The lowest BCUT2D eigenvalue weighted by atomic mass is 9.83. The predicted octanol–water partition coefficient (Wildman–Crippen LogP) is 5.42. The molecule has 0 fully saturated rings. The lowest BCUT2D eigenvalue weighted by molar-refractivity contribution is -0.137. The molecule has 0 atom stereocenters. The maximum atomic E-state index is 13.0. The first-order chi connectivity index (χ1) is 14.4. The summed E-state index contributed by atoms with van der Waals surface area (Å²) in [5, 5.41) is 9.77. The van der Waals surface area contributed by atoms with E-state index in [0.717, 1.165) is 34.6 Å². The maximum Gasteiger partial charge on any atom is 0.416 e. The largest absolute Gasteiger partial charge is 0.497 e. The van der Waals surface area contributed by atoms with Crippen molar-refractivity contribution < 1.29 is 22.6 Å². The van der Waals surface area contributed by atoms with E-state index in [4.69, 9.17) is 9.47 Å². The highest BCUT2D eigenvalue weighted by atomic mass is 19.4. The number of hydrogen-bond donors (Lipinski definition) is 0. The van der Waals surface area contributed by atoms with Gasteiger partial charge in [0, 0.05) is 11.1 Å². The summed E-state index contributed by atoms with van der Waals surface area (Å²) in [5.74, 6) is 0.885. The summed E-state index contributed by atoms with van der Waals surface area (Å²) in [5.41, 5.74) is 4.01. The Morgan fingerprint density at radius 3 is 2.33 bits per heavy atom. The number of rotatable bonds is 3. The van der Waals surface area contributed by atoms with Gasteiger partial charge in [-0.3, -0.25) is 0 Å². The van der Waals surface area contributed by atoms with Crippen LogP contribution in [0.4, 0.5) is 13.2 Å². The fraction of sp³-hybridized carbons (Fsp3) is 0.217. The Kier molecular flexibility index (Phi) is 4.86. The van der Waals surface area contributed by atoms with Gasteiger partial charge in [0.25, 0.3) is 0 Å². The molecule has 30 heavy (non-hydrogen) atoms. The van der Waals surface area contributed by atoms with Crippen LogP contribution < -0.4 is 9.47 Å². The van der Waals surface area contributed by atoms with Gasteiger partial charge in [-0.05, 0) is 59.9 Å². The van der Waals surface area contributed by atoms with Crippen LogP contribution in [0.5, 0.6) is 11.6 Å². The molecule has 3 aromatic rings. The number of halogens is 3. The van der Waals surface area contributed by atoms with Crippen molar-refractivity contribution in [2.75, 3.05) is 14.2 Å². The second-order valence-corrected chi connectivity index (χ2v) is 6.91. The van der Waals surface area contributed by atoms with E-state index >= 15 is 0 Å². The van der Waals surface area contributed by atoms with Crippen molar-refractivity contribution >= 4 is 0 Å². The van der Waals surface area contributed by atoms with Crippen LogP contribution in [-0.4, -0.2) is 19.2 Å². The maximum absolute atomic E-state index is 13.0. The lowest BCUT2D eigenvalue weighted by Gasteiger charge is -2.24. The lowest BCUT2D eigenvalue weighted by Crippen LogP contribution is -2.11. The number of nitrogens with zero attached hydrogens (tertiary/aromatic N) is 2. The van der Waals surface area contributed by atoms with E-state index in [1.54, 1.807) is 7.11 Å². The topological polar surface area (TPSA) is 55.1 Å². The van der Waals surface area contributed by atoms with Crippen LogP contribution in [0, 0.1) is 11.3 Å². The molecule has 152 valence electrons. The number of alkyl halides is 3. The number of benzene rings is 2. The van der Waals surface area contributed by atoms with Crippen LogP contribution >= 0.6 is 0 Å². The summed E-state index contributed by atoms with van der Waals surface area (Å²) in [6.45, 7) is 0. The average Bonchev–Trinajstić information content (AvgIpc) is 2.76. The van der Waals surface area contributed by atoms with Gasteiger partial charge in [-0.15, -0.1) is 0 Å². The van der Waals surface area contributed by atoms with Crippen molar-refractivity contribution in [1.29, 1.82) is 5.26 Å². The van der Waals surface area contributed by atoms with E-state index in [9.17, 15) is 18.4 Å². The molecule has 0 bridgehead atoms. The van der Waals surface area contributed by atoms with E-state index in [-0.39, 0.29) is 11.4 Å². The van der Waals surface area contributed by atoms with E-state index in [2.05, 4.69) is 11.1 Å². The number of aromatic nitrogens is 1. The molecule has 1 heterocycles. The molecule has 1 aliphatic rings. The third-order valence-electron chi connectivity index (χ3n) is 5.28. The fourth-order valence-corrected chi connectivity index (χ4v) is 3.86. The summed E-state index contributed by atoms with van der Waals surface area (Å²) in [6.07, 6.45) is -3.13. The molecule has 0 radical (unpaired) electrons. The molecule has 4 rings (SSSR count). The first-order valence-electron chi connectivity index (χ1n) is 9.23. The Bertz CT molecular complexity index is 1160. The number of aryl methyl sites for hydroxylation is 1. The molecule has 1 aliphatic carbocycles. The predicted molar refractivity (Wildman–Crippen MR) is 105 cm³/mol. The highest BCUT2D eigenvalue weighted by molar-refractivity contribution is 5.84. The van der Waals surface area contributed by atoms with Gasteiger partial charge < -0.3 is 9.47 Å². The van der Waals surface area contributed by atoms with Crippen LogP contribution in [0.2, 0.25) is 0 Å². The van der Waals surface area contributed by atoms with Crippen molar-refractivity contribution in [3.63, 3.8) is 0 Å². The normalized spacial score (nSPS) is 12.5. The molecule has 2 aromatic carbocycles. The van der Waals surface area contributed by atoms with Gasteiger partial charge in [0.15, 0.2) is 0 Å². The minimum absolute atomic E-state index is 0.148. The van der Waals surface area contributed by atoms with Crippen molar-refractivity contribution in [3.8, 4) is 40.1 Å². The Balaban J connectivity index is 1.96. The number of pyridine rings is 1. The second kappa shape index (κ2) is 7.38.